The Morgan fingerprint density at radius 2 is 2.10 bits per heavy atom. The number of hydrogen-bond donors (Lipinski definition) is 2. The third-order valence-corrected chi connectivity index (χ3v) is 3.94. The molecule has 0 atom stereocenters. The second-order valence-electron chi connectivity index (χ2n) is 4.58. The molecular formula is C15H20ClN3OS. The van der Waals surface area contributed by atoms with E-state index in [1.165, 1.54) is 0 Å². The van der Waals surface area contributed by atoms with Crippen LogP contribution in [0.5, 0.6) is 0 Å². The summed E-state index contributed by atoms with van der Waals surface area (Å²) in [7, 11) is 1.91. The van der Waals surface area contributed by atoms with E-state index in [4.69, 9.17) is 0 Å². The van der Waals surface area contributed by atoms with Crippen molar-refractivity contribution < 1.29 is 4.79 Å². The topological polar surface area (TPSA) is 54.0 Å². The van der Waals surface area contributed by atoms with Crippen molar-refractivity contribution >= 4 is 29.7 Å². The summed E-state index contributed by atoms with van der Waals surface area (Å²) in [6, 6.07) is 7.73. The van der Waals surface area contributed by atoms with E-state index in [0.717, 1.165) is 34.8 Å². The lowest BCUT2D eigenvalue weighted by Crippen LogP contribution is -2.24. The van der Waals surface area contributed by atoms with E-state index in [1.54, 1.807) is 11.3 Å². The van der Waals surface area contributed by atoms with Crippen molar-refractivity contribution in [2.45, 2.75) is 19.9 Å². The maximum atomic E-state index is 12.3. The van der Waals surface area contributed by atoms with Crippen molar-refractivity contribution in [3.8, 4) is 0 Å². The van der Waals surface area contributed by atoms with Gasteiger partial charge in [-0.05, 0) is 38.6 Å². The molecule has 0 bridgehead atoms. The number of carbonyl (C=O) groups excluding carboxylic acids is 1. The molecule has 1 heterocycles. The van der Waals surface area contributed by atoms with Crippen molar-refractivity contribution in [3.05, 3.63) is 51.5 Å². The Morgan fingerprint density at radius 1 is 1.33 bits per heavy atom. The number of carbonyl (C=O) groups is 1. The first-order chi connectivity index (χ1) is 9.70. The maximum Gasteiger partial charge on any atom is 0.251 e. The molecule has 1 aromatic carbocycles. The van der Waals surface area contributed by atoms with Crippen LogP contribution in [-0.2, 0) is 13.0 Å². The van der Waals surface area contributed by atoms with E-state index in [-0.39, 0.29) is 18.3 Å². The Bertz CT molecular complexity index is 586. The molecule has 2 rings (SSSR count). The van der Waals surface area contributed by atoms with E-state index in [0.29, 0.717) is 6.54 Å². The van der Waals surface area contributed by atoms with Gasteiger partial charge in [-0.15, -0.1) is 23.7 Å². The van der Waals surface area contributed by atoms with Crippen LogP contribution in [0.4, 0.5) is 0 Å². The molecule has 0 saturated carbocycles. The Kier molecular flexibility index (Phi) is 7.36. The summed E-state index contributed by atoms with van der Waals surface area (Å²) in [5.74, 6) is -0.0374. The summed E-state index contributed by atoms with van der Waals surface area (Å²) in [4.78, 5) is 16.6. The van der Waals surface area contributed by atoms with Gasteiger partial charge in [0.1, 0.15) is 5.01 Å². The van der Waals surface area contributed by atoms with Crippen LogP contribution in [0, 0.1) is 6.92 Å². The molecule has 1 aromatic heterocycles. The lowest BCUT2D eigenvalue weighted by Gasteiger charge is -2.09. The highest BCUT2D eigenvalue weighted by molar-refractivity contribution is 7.09. The minimum Gasteiger partial charge on any atom is -0.346 e. The fraction of sp³-hybridized carbons (Fsp3) is 0.333. The van der Waals surface area contributed by atoms with Gasteiger partial charge in [0.05, 0.1) is 6.54 Å². The van der Waals surface area contributed by atoms with Gasteiger partial charge in [-0.25, -0.2) is 4.98 Å². The van der Waals surface area contributed by atoms with Crippen molar-refractivity contribution in [1.82, 2.24) is 15.6 Å². The molecule has 2 aromatic rings. The number of rotatable bonds is 6. The van der Waals surface area contributed by atoms with Gasteiger partial charge in [0.25, 0.3) is 5.91 Å². The summed E-state index contributed by atoms with van der Waals surface area (Å²) >= 11 is 1.57. The number of likely N-dealkylation sites (N-methyl/N-ethyl adjacent to an activating group) is 1. The van der Waals surface area contributed by atoms with E-state index >= 15 is 0 Å². The minimum absolute atomic E-state index is 0. The summed E-state index contributed by atoms with van der Waals surface area (Å²) in [5, 5.41) is 8.96. The normalized spacial score (nSPS) is 10.0. The van der Waals surface area contributed by atoms with E-state index in [9.17, 15) is 4.79 Å². The minimum atomic E-state index is -0.0374. The molecule has 0 radical (unpaired) electrons. The Balaban J connectivity index is 0.00000220. The monoisotopic (exact) mass is 325 g/mol. The second kappa shape index (κ2) is 8.77. The number of amides is 1. The molecule has 0 aliphatic carbocycles. The maximum absolute atomic E-state index is 12.3. The molecule has 0 fully saturated rings. The average molecular weight is 326 g/mol. The lowest BCUT2D eigenvalue weighted by atomic mass is 10.0. The van der Waals surface area contributed by atoms with E-state index in [1.807, 2.05) is 43.6 Å². The largest absolute Gasteiger partial charge is 0.346 e. The third kappa shape index (κ3) is 5.12. The smallest absolute Gasteiger partial charge is 0.251 e. The third-order valence-electron chi connectivity index (χ3n) is 2.97. The first kappa shape index (κ1) is 17.6. The molecule has 2 N–H and O–H groups in total. The number of nitrogens with one attached hydrogen (secondary N) is 2. The van der Waals surface area contributed by atoms with Crippen molar-refractivity contribution in [3.63, 3.8) is 0 Å². The lowest BCUT2D eigenvalue weighted by molar-refractivity contribution is 0.0950. The van der Waals surface area contributed by atoms with Crippen LogP contribution < -0.4 is 10.6 Å². The van der Waals surface area contributed by atoms with Crippen molar-refractivity contribution in [1.29, 1.82) is 0 Å². The Labute approximate surface area is 135 Å². The summed E-state index contributed by atoms with van der Waals surface area (Å²) in [6.07, 6.45) is 0.844. The van der Waals surface area contributed by atoms with E-state index in [2.05, 4.69) is 15.6 Å². The van der Waals surface area contributed by atoms with Gasteiger partial charge in [0.2, 0.25) is 0 Å². The molecule has 0 aliphatic rings. The molecule has 21 heavy (non-hydrogen) atoms. The zero-order valence-corrected chi connectivity index (χ0v) is 13.8. The molecule has 0 saturated heterocycles. The molecule has 0 unspecified atom stereocenters. The average Bonchev–Trinajstić information content (AvgIpc) is 2.88. The van der Waals surface area contributed by atoms with Crippen molar-refractivity contribution in [2.24, 2.45) is 0 Å². The van der Waals surface area contributed by atoms with Gasteiger partial charge in [0.15, 0.2) is 0 Å². The fourth-order valence-electron chi connectivity index (χ4n) is 1.95. The van der Waals surface area contributed by atoms with E-state index < -0.39 is 0 Å². The number of halogens is 1. The predicted molar refractivity (Wildman–Crippen MR) is 89.3 cm³/mol. The van der Waals surface area contributed by atoms with Crippen LogP contribution in [0.3, 0.4) is 0 Å². The first-order valence-corrected chi connectivity index (χ1v) is 7.50. The Hall–Kier alpha value is -1.43. The van der Waals surface area contributed by atoms with Gasteiger partial charge in [-0.3, -0.25) is 4.79 Å². The van der Waals surface area contributed by atoms with Crippen LogP contribution in [0.1, 0.15) is 26.6 Å². The van der Waals surface area contributed by atoms with Gasteiger partial charge in [0, 0.05) is 16.6 Å². The fourth-order valence-corrected chi connectivity index (χ4v) is 2.67. The van der Waals surface area contributed by atoms with Crippen LogP contribution in [0.15, 0.2) is 29.6 Å². The zero-order chi connectivity index (χ0) is 14.4. The number of hydrogen-bond acceptors (Lipinski definition) is 4. The molecular weight excluding hydrogens is 306 g/mol. The van der Waals surface area contributed by atoms with Crippen molar-refractivity contribution in [2.75, 3.05) is 13.6 Å². The number of nitrogens with zero attached hydrogens (tertiary/aromatic N) is 1. The van der Waals surface area contributed by atoms with Gasteiger partial charge < -0.3 is 10.6 Å². The molecule has 0 aliphatic heterocycles. The second-order valence-corrected chi connectivity index (χ2v) is 5.52. The molecule has 0 spiro atoms. The zero-order valence-electron chi connectivity index (χ0n) is 12.2. The van der Waals surface area contributed by atoms with Crippen LogP contribution >= 0.6 is 23.7 Å². The van der Waals surface area contributed by atoms with Gasteiger partial charge in [-0.1, -0.05) is 18.2 Å². The summed E-state index contributed by atoms with van der Waals surface area (Å²) < 4.78 is 0. The number of aromatic nitrogens is 1. The molecule has 4 nitrogen and oxygen atoms in total. The molecule has 114 valence electrons. The summed E-state index contributed by atoms with van der Waals surface area (Å²) in [5.41, 5.74) is 2.80. The first-order valence-electron chi connectivity index (χ1n) is 6.62. The summed E-state index contributed by atoms with van der Waals surface area (Å²) in [6.45, 7) is 3.29. The van der Waals surface area contributed by atoms with Gasteiger partial charge >= 0.3 is 0 Å². The standard InChI is InChI=1S/C15H19N3OS.ClH/c1-11-10-20-14(18-11)9-17-15(19)13-6-4-3-5-12(13)7-8-16-2;/h3-6,10,16H,7-9H2,1-2H3,(H,17,19);1H. The van der Waals surface area contributed by atoms with Crippen LogP contribution in [0.25, 0.3) is 0 Å². The highest BCUT2D eigenvalue weighted by Gasteiger charge is 2.10. The van der Waals surface area contributed by atoms with Gasteiger partial charge in [-0.2, -0.15) is 0 Å². The quantitative estimate of drug-likeness (QED) is 0.858. The SMILES string of the molecule is CNCCc1ccccc1C(=O)NCc1nc(C)cs1.Cl. The highest BCUT2D eigenvalue weighted by Crippen LogP contribution is 2.11. The van der Waals surface area contributed by atoms with Crippen LogP contribution in [0.2, 0.25) is 0 Å². The highest BCUT2D eigenvalue weighted by atomic mass is 35.5. The number of aryl methyl sites for hydroxylation is 1. The molecule has 6 heteroatoms. The predicted octanol–water partition coefficient (Wildman–Crippen LogP) is 2.57. The number of thiazole rings is 1. The van der Waals surface area contributed by atoms with Crippen LogP contribution in [-0.4, -0.2) is 24.5 Å². The Morgan fingerprint density at radius 3 is 2.76 bits per heavy atom. The number of benzene rings is 1. The molecule has 1 amide bonds.